The molecule has 1 unspecified atom stereocenters. The van der Waals surface area contributed by atoms with Crippen molar-refractivity contribution >= 4 is 0 Å². The summed E-state index contributed by atoms with van der Waals surface area (Å²) in [6.45, 7) is 4.81. The van der Waals surface area contributed by atoms with Gasteiger partial charge in [0.2, 0.25) is 0 Å². The number of hydrogen-bond donors (Lipinski definition) is 1. The van der Waals surface area contributed by atoms with E-state index in [-0.39, 0.29) is 0 Å². The van der Waals surface area contributed by atoms with Crippen molar-refractivity contribution in [1.29, 1.82) is 0 Å². The Labute approximate surface area is 92.5 Å². The molecule has 3 nitrogen and oxygen atoms in total. The lowest BCUT2D eigenvalue weighted by atomic mass is 10.1. The van der Waals surface area contributed by atoms with Gasteiger partial charge in [0.1, 0.15) is 0 Å². The smallest absolute Gasteiger partial charge is 0.0619 e. The minimum absolute atomic E-state index is 0.585. The van der Waals surface area contributed by atoms with Crippen LogP contribution in [0.5, 0.6) is 0 Å². The summed E-state index contributed by atoms with van der Waals surface area (Å²) in [6, 6.07) is 0.585. The zero-order chi connectivity index (χ0) is 10.3. The zero-order valence-corrected chi connectivity index (χ0v) is 9.54. The molecule has 0 radical (unpaired) electrons. The Morgan fingerprint density at radius 1 is 1.27 bits per heavy atom. The van der Waals surface area contributed by atoms with Crippen LogP contribution in [0.2, 0.25) is 0 Å². The van der Waals surface area contributed by atoms with Gasteiger partial charge in [0.25, 0.3) is 0 Å². The van der Waals surface area contributed by atoms with Gasteiger partial charge >= 0.3 is 0 Å². The highest BCUT2D eigenvalue weighted by atomic mass is 16.5. The molecule has 0 amide bonds. The molecule has 1 N–H and O–H groups in total. The van der Waals surface area contributed by atoms with E-state index < -0.39 is 0 Å². The minimum Gasteiger partial charge on any atom is -0.381 e. The lowest BCUT2D eigenvalue weighted by Gasteiger charge is -2.23. The molecule has 2 rings (SSSR count). The third-order valence-electron chi connectivity index (χ3n) is 3.11. The summed E-state index contributed by atoms with van der Waals surface area (Å²) in [7, 11) is 0. The molecule has 1 aliphatic heterocycles. The van der Waals surface area contributed by atoms with Crippen LogP contribution in [0.3, 0.4) is 0 Å². The predicted octanol–water partition coefficient (Wildman–Crippen LogP) is 1.57. The Bertz CT molecular complexity index is 165. The molecule has 1 saturated carbocycles. The third-order valence-corrected chi connectivity index (χ3v) is 3.11. The molecule has 0 aromatic carbocycles. The topological polar surface area (TPSA) is 30.5 Å². The van der Waals surface area contributed by atoms with Crippen LogP contribution in [0.4, 0.5) is 0 Å². The molecule has 1 atom stereocenters. The predicted molar refractivity (Wildman–Crippen MR) is 60.0 cm³/mol. The van der Waals surface area contributed by atoms with Gasteiger partial charge in [0.05, 0.1) is 6.61 Å². The molecule has 0 spiro atoms. The lowest BCUT2D eigenvalue weighted by Crippen LogP contribution is -2.37. The molecular weight excluding hydrogens is 190 g/mol. The third kappa shape index (κ3) is 4.96. The SMILES string of the molecule is C(CNC1CCCOC1)COCC1CC1. The van der Waals surface area contributed by atoms with Crippen molar-refractivity contribution < 1.29 is 9.47 Å². The second-order valence-corrected chi connectivity index (χ2v) is 4.74. The Hall–Kier alpha value is -0.120. The van der Waals surface area contributed by atoms with Crippen LogP contribution >= 0.6 is 0 Å². The molecule has 0 aromatic rings. The van der Waals surface area contributed by atoms with Gasteiger partial charge in [-0.15, -0.1) is 0 Å². The Morgan fingerprint density at radius 3 is 2.93 bits per heavy atom. The Morgan fingerprint density at radius 2 is 2.20 bits per heavy atom. The van der Waals surface area contributed by atoms with E-state index in [4.69, 9.17) is 9.47 Å². The van der Waals surface area contributed by atoms with E-state index in [9.17, 15) is 0 Å². The molecule has 1 saturated heterocycles. The monoisotopic (exact) mass is 213 g/mol. The average Bonchev–Trinajstić information content (AvgIpc) is 3.09. The maximum Gasteiger partial charge on any atom is 0.0619 e. The Kier molecular flexibility index (Phi) is 4.90. The van der Waals surface area contributed by atoms with E-state index in [0.29, 0.717) is 6.04 Å². The number of hydrogen-bond acceptors (Lipinski definition) is 3. The first kappa shape index (κ1) is 11.4. The van der Waals surface area contributed by atoms with Gasteiger partial charge in [-0.2, -0.15) is 0 Å². The molecule has 1 aliphatic carbocycles. The van der Waals surface area contributed by atoms with Gasteiger partial charge < -0.3 is 14.8 Å². The van der Waals surface area contributed by atoms with Crippen molar-refractivity contribution in [3.8, 4) is 0 Å². The molecule has 0 bridgehead atoms. The first-order valence-corrected chi connectivity index (χ1v) is 6.34. The van der Waals surface area contributed by atoms with E-state index in [2.05, 4.69) is 5.32 Å². The van der Waals surface area contributed by atoms with Crippen LogP contribution in [0.15, 0.2) is 0 Å². The Balaban J connectivity index is 1.37. The van der Waals surface area contributed by atoms with Crippen molar-refractivity contribution in [3.05, 3.63) is 0 Å². The first-order chi connectivity index (χ1) is 7.45. The summed E-state index contributed by atoms with van der Waals surface area (Å²) in [5.41, 5.74) is 0. The minimum atomic E-state index is 0.585. The van der Waals surface area contributed by atoms with E-state index in [1.807, 2.05) is 0 Å². The van der Waals surface area contributed by atoms with Gasteiger partial charge in [-0.3, -0.25) is 0 Å². The van der Waals surface area contributed by atoms with Crippen molar-refractivity contribution in [3.63, 3.8) is 0 Å². The average molecular weight is 213 g/mol. The van der Waals surface area contributed by atoms with E-state index in [1.54, 1.807) is 0 Å². The van der Waals surface area contributed by atoms with Crippen LogP contribution in [0.25, 0.3) is 0 Å². The van der Waals surface area contributed by atoms with Crippen LogP contribution in [0.1, 0.15) is 32.1 Å². The van der Waals surface area contributed by atoms with Crippen molar-refractivity contribution in [2.24, 2.45) is 5.92 Å². The fourth-order valence-electron chi connectivity index (χ4n) is 1.92. The first-order valence-electron chi connectivity index (χ1n) is 6.34. The fourth-order valence-corrected chi connectivity index (χ4v) is 1.92. The molecule has 2 fully saturated rings. The normalized spacial score (nSPS) is 26.8. The fraction of sp³-hybridized carbons (Fsp3) is 1.00. The summed E-state index contributed by atoms with van der Waals surface area (Å²) >= 11 is 0. The second kappa shape index (κ2) is 6.46. The van der Waals surface area contributed by atoms with E-state index in [0.717, 1.165) is 45.3 Å². The van der Waals surface area contributed by atoms with Gasteiger partial charge in [-0.05, 0) is 44.6 Å². The highest BCUT2D eigenvalue weighted by Gasteiger charge is 2.20. The van der Waals surface area contributed by atoms with Crippen molar-refractivity contribution in [2.45, 2.75) is 38.1 Å². The molecule has 1 heterocycles. The van der Waals surface area contributed by atoms with Gasteiger partial charge in [0.15, 0.2) is 0 Å². The van der Waals surface area contributed by atoms with Gasteiger partial charge in [0, 0.05) is 25.9 Å². The van der Waals surface area contributed by atoms with Crippen LogP contribution in [-0.2, 0) is 9.47 Å². The summed E-state index contributed by atoms with van der Waals surface area (Å²) in [4.78, 5) is 0. The number of ether oxygens (including phenoxy) is 2. The lowest BCUT2D eigenvalue weighted by molar-refractivity contribution is 0.0683. The quantitative estimate of drug-likeness (QED) is 0.651. The van der Waals surface area contributed by atoms with Crippen molar-refractivity contribution in [1.82, 2.24) is 5.32 Å². The molecular formula is C12H23NO2. The maximum absolute atomic E-state index is 5.58. The maximum atomic E-state index is 5.58. The van der Waals surface area contributed by atoms with Crippen molar-refractivity contribution in [2.75, 3.05) is 33.0 Å². The van der Waals surface area contributed by atoms with Crippen LogP contribution in [-0.4, -0.2) is 39.0 Å². The van der Waals surface area contributed by atoms with E-state index >= 15 is 0 Å². The summed E-state index contributed by atoms with van der Waals surface area (Å²) in [6.07, 6.45) is 6.37. The highest BCUT2D eigenvalue weighted by molar-refractivity contribution is 4.72. The molecule has 88 valence electrons. The van der Waals surface area contributed by atoms with Gasteiger partial charge in [-0.1, -0.05) is 0 Å². The molecule has 0 aromatic heterocycles. The van der Waals surface area contributed by atoms with Crippen LogP contribution in [0, 0.1) is 5.92 Å². The largest absolute Gasteiger partial charge is 0.381 e. The highest BCUT2D eigenvalue weighted by Crippen LogP contribution is 2.28. The molecule has 15 heavy (non-hydrogen) atoms. The number of rotatable bonds is 7. The van der Waals surface area contributed by atoms with Crippen LogP contribution < -0.4 is 5.32 Å². The molecule has 3 heteroatoms. The summed E-state index contributed by atoms with van der Waals surface area (Å²) in [5.74, 6) is 0.893. The molecule has 2 aliphatic rings. The number of nitrogens with one attached hydrogen (secondary N) is 1. The summed E-state index contributed by atoms with van der Waals surface area (Å²) in [5, 5.41) is 3.52. The van der Waals surface area contributed by atoms with E-state index in [1.165, 1.54) is 25.7 Å². The zero-order valence-electron chi connectivity index (χ0n) is 9.54. The second-order valence-electron chi connectivity index (χ2n) is 4.74. The summed E-state index contributed by atoms with van der Waals surface area (Å²) < 4.78 is 11.0. The van der Waals surface area contributed by atoms with Gasteiger partial charge in [-0.25, -0.2) is 0 Å². The standard InChI is InChI=1S/C12H23NO2/c1-3-12(10-15-7-1)13-6-2-8-14-9-11-4-5-11/h11-13H,1-10H2.